The van der Waals surface area contributed by atoms with Crippen LogP contribution in [-0.2, 0) is 9.53 Å². The number of nitrogens with one attached hydrogen (secondary N) is 2. The molecule has 0 bridgehead atoms. The lowest BCUT2D eigenvalue weighted by Crippen LogP contribution is -2.43. The molecule has 21 heavy (non-hydrogen) atoms. The van der Waals surface area contributed by atoms with Gasteiger partial charge in [0.2, 0.25) is 0 Å². The SMILES string of the molecule is CC(CC1COCCN1)Nc1ccc(OCC(N)=O)cc1. The van der Waals surface area contributed by atoms with E-state index in [1.165, 1.54) is 0 Å². The Bertz CT molecular complexity index is 444. The number of hydrogen-bond donors (Lipinski definition) is 3. The van der Waals surface area contributed by atoms with E-state index < -0.39 is 5.91 Å². The van der Waals surface area contributed by atoms with Crippen LogP contribution in [0, 0.1) is 0 Å². The van der Waals surface area contributed by atoms with Crippen molar-refractivity contribution in [2.24, 2.45) is 5.73 Å². The number of carbonyl (C=O) groups excluding carboxylic acids is 1. The van der Waals surface area contributed by atoms with Crippen LogP contribution in [0.25, 0.3) is 0 Å². The molecule has 4 N–H and O–H groups in total. The molecule has 116 valence electrons. The number of ether oxygens (including phenoxy) is 2. The van der Waals surface area contributed by atoms with Crippen LogP contribution in [0.3, 0.4) is 0 Å². The summed E-state index contributed by atoms with van der Waals surface area (Å²) in [5, 5.41) is 6.88. The van der Waals surface area contributed by atoms with Gasteiger partial charge in [-0.25, -0.2) is 0 Å². The standard InChI is InChI=1S/C15H23N3O3/c1-11(8-13-9-20-7-6-17-13)18-12-2-4-14(5-3-12)21-10-15(16)19/h2-5,11,13,17-18H,6-10H2,1H3,(H2,16,19). The van der Waals surface area contributed by atoms with Crippen molar-refractivity contribution in [3.63, 3.8) is 0 Å². The fraction of sp³-hybridized carbons (Fsp3) is 0.533. The summed E-state index contributed by atoms with van der Waals surface area (Å²) >= 11 is 0. The van der Waals surface area contributed by atoms with Gasteiger partial charge in [0, 0.05) is 24.3 Å². The van der Waals surface area contributed by atoms with Gasteiger partial charge >= 0.3 is 0 Å². The van der Waals surface area contributed by atoms with Gasteiger partial charge in [-0.05, 0) is 37.6 Å². The number of anilines is 1. The molecule has 2 atom stereocenters. The molecule has 2 rings (SSSR count). The Morgan fingerprint density at radius 3 is 2.90 bits per heavy atom. The summed E-state index contributed by atoms with van der Waals surface area (Å²) in [6.07, 6.45) is 1.000. The quantitative estimate of drug-likeness (QED) is 0.690. The maximum absolute atomic E-state index is 10.6. The van der Waals surface area contributed by atoms with E-state index >= 15 is 0 Å². The van der Waals surface area contributed by atoms with Crippen LogP contribution in [0.2, 0.25) is 0 Å². The zero-order valence-electron chi connectivity index (χ0n) is 12.3. The van der Waals surface area contributed by atoms with E-state index in [-0.39, 0.29) is 6.61 Å². The zero-order chi connectivity index (χ0) is 15.1. The summed E-state index contributed by atoms with van der Waals surface area (Å²) in [4.78, 5) is 10.6. The Labute approximate surface area is 125 Å². The van der Waals surface area contributed by atoms with Gasteiger partial charge in [0.1, 0.15) is 5.75 Å². The van der Waals surface area contributed by atoms with Crippen LogP contribution in [0.4, 0.5) is 5.69 Å². The van der Waals surface area contributed by atoms with E-state index in [0.717, 1.165) is 31.9 Å². The Morgan fingerprint density at radius 2 is 2.29 bits per heavy atom. The summed E-state index contributed by atoms with van der Waals surface area (Å²) in [7, 11) is 0. The minimum atomic E-state index is -0.479. The zero-order valence-corrected chi connectivity index (χ0v) is 12.3. The fourth-order valence-corrected chi connectivity index (χ4v) is 2.34. The molecule has 0 radical (unpaired) electrons. The third-order valence-electron chi connectivity index (χ3n) is 3.28. The van der Waals surface area contributed by atoms with Crippen LogP contribution < -0.4 is 21.1 Å². The highest BCUT2D eigenvalue weighted by Gasteiger charge is 2.16. The average molecular weight is 293 g/mol. The van der Waals surface area contributed by atoms with Crippen LogP contribution in [0.5, 0.6) is 5.75 Å². The van der Waals surface area contributed by atoms with Gasteiger partial charge in [0.15, 0.2) is 6.61 Å². The van der Waals surface area contributed by atoms with Crippen molar-refractivity contribution < 1.29 is 14.3 Å². The first-order chi connectivity index (χ1) is 10.1. The monoisotopic (exact) mass is 293 g/mol. The van der Waals surface area contributed by atoms with Gasteiger partial charge < -0.3 is 25.8 Å². The fourth-order valence-electron chi connectivity index (χ4n) is 2.34. The first-order valence-corrected chi connectivity index (χ1v) is 7.22. The van der Waals surface area contributed by atoms with Crippen molar-refractivity contribution in [3.8, 4) is 5.75 Å². The largest absolute Gasteiger partial charge is 0.484 e. The topological polar surface area (TPSA) is 85.6 Å². The molecular weight excluding hydrogens is 270 g/mol. The number of primary amides is 1. The highest BCUT2D eigenvalue weighted by Crippen LogP contribution is 2.17. The lowest BCUT2D eigenvalue weighted by Gasteiger charge is -2.27. The number of rotatable bonds is 7. The molecule has 0 aliphatic carbocycles. The summed E-state index contributed by atoms with van der Waals surface area (Å²) in [5.74, 6) is 0.155. The van der Waals surface area contributed by atoms with E-state index in [1.54, 1.807) is 0 Å². The van der Waals surface area contributed by atoms with Gasteiger partial charge in [-0.2, -0.15) is 0 Å². The Balaban J connectivity index is 1.77. The van der Waals surface area contributed by atoms with Crippen molar-refractivity contribution in [2.45, 2.75) is 25.4 Å². The molecule has 6 heteroatoms. The highest BCUT2D eigenvalue weighted by molar-refractivity contribution is 5.75. The molecule has 0 spiro atoms. The lowest BCUT2D eigenvalue weighted by atomic mass is 10.1. The van der Waals surface area contributed by atoms with Gasteiger partial charge in [-0.3, -0.25) is 4.79 Å². The third kappa shape index (κ3) is 5.61. The van der Waals surface area contributed by atoms with E-state index in [2.05, 4.69) is 17.6 Å². The van der Waals surface area contributed by atoms with E-state index in [1.807, 2.05) is 24.3 Å². The van der Waals surface area contributed by atoms with Crippen LogP contribution in [-0.4, -0.2) is 44.4 Å². The molecule has 1 aromatic rings. The maximum atomic E-state index is 10.6. The van der Waals surface area contributed by atoms with Gasteiger partial charge in [0.25, 0.3) is 5.91 Å². The van der Waals surface area contributed by atoms with Crippen LogP contribution >= 0.6 is 0 Å². The molecule has 1 aliphatic heterocycles. The molecular formula is C15H23N3O3. The predicted octanol–water partition coefficient (Wildman–Crippen LogP) is 0.730. The molecule has 1 fully saturated rings. The van der Waals surface area contributed by atoms with E-state index in [9.17, 15) is 4.79 Å². The first-order valence-electron chi connectivity index (χ1n) is 7.22. The molecule has 1 heterocycles. The molecule has 1 saturated heterocycles. The highest BCUT2D eigenvalue weighted by atomic mass is 16.5. The molecule has 2 unspecified atom stereocenters. The Kier molecular flexibility index (Phi) is 5.83. The van der Waals surface area contributed by atoms with Crippen molar-refractivity contribution >= 4 is 11.6 Å². The smallest absolute Gasteiger partial charge is 0.255 e. The molecule has 1 aliphatic rings. The number of nitrogens with two attached hydrogens (primary N) is 1. The molecule has 0 saturated carbocycles. The van der Waals surface area contributed by atoms with E-state index in [0.29, 0.717) is 17.8 Å². The normalized spacial score (nSPS) is 19.8. The molecule has 1 aromatic carbocycles. The minimum absolute atomic E-state index is 0.101. The number of amides is 1. The minimum Gasteiger partial charge on any atom is -0.484 e. The number of morpholine rings is 1. The van der Waals surface area contributed by atoms with Crippen molar-refractivity contribution in [1.29, 1.82) is 0 Å². The Hall–Kier alpha value is -1.79. The summed E-state index contributed by atoms with van der Waals surface area (Å²) in [6, 6.07) is 8.23. The lowest BCUT2D eigenvalue weighted by molar-refractivity contribution is -0.119. The predicted molar refractivity (Wildman–Crippen MR) is 81.4 cm³/mol. The van der Waals surface area contributed by atoms with Crippen LogP contribution in [0.15, 0.2) is 24.3 Å². The number of hydrogen-bond acceptors (Lipinski definition) is 5. The summed E-state index contributed by atoms with van der Waals surface area (Å²) in [6.45, 7) is 4.53. The third-order valence-corrected chi connectivity index (χ3v) is 3.28. The second kappa shape index (κ2) is 7.85. The van der Waals surface area contributed by atoms with E-state index in [4.69, 9.17) is 15.2 Å². The van der Waals surface area contributed by atoms with Crippen molar-refractivity contribution in [1.82, 2.24) is 5.32 Å². The number of benzene rings is 1. The molecule has 0 aromatic heterocycles. The maximum Gasteiger partial charge on any atom is 0.255 e. The first kappa shape index (κ1) is 15.6. The molecule has 6 nitrogen and oxygen atoms in total. The summed E-state index contributed by atoms with van der Waals surface area (Å²) in [5.41, 5.74) is 6.05. The van der Waals surface area contributed by atoms with Crippen molar-refractivity contribution in [3.05, 3.63) is 24.3 Å². The second-order valence-corrected chi connectivity index (χ2v) is 5.29. The van der Waals surface area contributed by atoms with Gasteiger partial charge in [-0.15, -0.1) is 0 Å². The average Bonchev–Trinajstić information content (AvgIpc) is 2.47. The summed E-state index contributed by atoms with van der Waals surface area (Å²) < 4.78 is 10.7. The van der Waals surface area contributed by atoms with Crippen LogP contribution in [0.1, 0.15) is 13.3 Å². The Morgan fingerprint density at radius 1 is 1.52 bits per heavy atom. The van der Waals surface area contributed by atoms with Gasteiger partial charge in [-0.1, -0.05) is 0 Å². The van der Waals surface area contributed by atoms with Crippen molar-refractivity contribution in [2.75, 3.05) is 31.7 Å². The van der Waals surface area contributed by atoms with Gasteiger partial charge in [0.05, 0.1) is 13.2 Å². The second-order valence-electron chi connectivity index (χ2n) is 5.29. The molecule has 1 amide bonds. The number of carbonyl (C=O) groups is 1.